The molecule has 0 aromatic rings. The first-order chi connectivity index (χ1) is 9.11. The molecule has 0 aromatic heterocycles. The number of rotatable bonds is 1. The van der Waals surface area contributed by atoms with Gasteiger partial charge >= 0.3 is 6.03 Å². The second-order valence-electron chi connectivity index (χ2n) is 6.32. The van der Waals surface area contributed by atoms with Crippen LogP contribution in [0.1, 0.15) is 39.5 Å². The van der Waals surface area contributed by atoms with E-state index in [1.54, 1.807) is 0 Å². The van der Waals surface area contributed by atoms with Crippen LogP contribution in [-0.2, 0) is 0 Å². The Bertz CT molecular complexity index is 300. The van der Waals surface area contributed by atoms with Gasteiger partial charge in [-0.3, -0.25) is 0 Å². The van der Waals surface area contributed by atoms with Crippen LogP contribution >= 0.6 is 0 Å². The number of likely N-dealkylation sites (tertiary alicyclic amines) is 1. The number of likely N-dealkylation sites (N-methyl/N-ethyl adjacent to an activating group) is 1. The zero-order chi connectivity index (χ0) is 13.8. The minimum Gasteiger partial charge on any atom is -0.325 e. The summed E-state index contributed by atoms with van der Waals surface area (Å²) in [5.74, 6) is 0.779. The van der Waals surface area contributed by atoms with Crippen molar-refractivity contribution in [1.82, 2.24) is 14.7 Å². The van der Waals surface area contributed by atoms with Gasteiger partial charge in [0.1, 0.15) is 0 Å². The lowest BCUT2D eigenvalue weighted by Gasteiger charge is -2.38. The predicted octanol–water partition coefficient (Wildman–Crippen LogP) is 2.25. The van der Waals surface area contributed by atoms with E-state index in [1.165, 1.54) is 0 Å². The number of nitrogens with zero attached hydrogens (tertiary/aromatic N) is 3. The molecule has 0 bridgehead atoms. The van der Waals surface area contributed by atoms with Gasteiger partial charge in [0.05, 0.1) is 0 Å². The molecule has 110 valence electrons. The van der Waals surface area contributed by atoms with Gasteiger partial charge in [0.15, 0.2) is 0 Å². The maximum atomic E-state index is 12.7. The van der Waals surface area contributed by atoms with E-state index in [4.69, 9.17) is 0 Å². The van der Waals surface area contributed by atoms with Crippen LogP contribution in [0.5, 0.6) is 0 Å². The fraction of sp³-hybridized carbons (Fsp3) is 0.933. The first-order valence-electron chi connectivity index (χ1n) is 7.86. The molecule has 0 N–H and O–H groups in total. The zero-order valence-electron chi connectivity index (χ0n) is 12.8. The Morgan fingerprint density at radius 1 is 1.16 bits per heavy atom. The molecular weight excluding hydrogens is 238 g/mol. The Balaban J connectivity index is 1.99. The lowest BCUT2D eigenvalue weighted by Crippen LogP contribution is -2.51. The average molecular weight is 267 g/mol. The molecule has 0 aromatic carbocycles. The lowest BCUT2D eigenvalue weighted by atomic mass is 9.99. The summed E-state index contributed by atoms with van der Waals surface area (Å²) in [5, 5.41) is 0. The molecule has 0 radical (unpaired) electrons. The van der Waals surface area contributed by atoms with Crippen molar-refractivity contribution in [2.24, 2.45) is 5.92 Å². The second-order valence-corrected chi connectivity index (χ2v) is 6.32. The molecule has 2 amide bonds. The van der Waals surface area contributed by atoms with Crippen LogP contribution < -0.4 is 0 Å². The van der Waals surface area contributed by atoms with Crippen LogP contribution in [0.3, 0.4) is 0 Å². The summed E-state index contributed by atoms with van der Waals surface area (Å²) >= 11 is 0. The van der Waals surface area contributed by atoms with Gasteiger partial charge < -0.3 is 14.7 Å². The van der Waals surface area contributed by atoms with Crippen molar-refractivity contribution < 1.29 is 4.79 Å². The summed E-state index contributed by atoms with van der Waals surface area (Å²) in [7, 11) is 2.17. The topological polar surface area (TPSA) is 26.8 Å². The largest absolute Gasteiger partial charge is 0.325 e. The van der Waals surface area contributed by atoms with Crippen LogP contribution in [0.25, 0.3) is 0 Å². The summed E-state index contributed by atoms with van der Waals surface area (Å²) in [6.07, 6.45) is 4.48. The Morgan fingerprint density at radius 3 is 2.47 bits per heavy atom. The second kappa shape index (κ2) is 6.60. The minimum atomic E-state index is 0.286. The maximum Gasteiger partial charge on any atom is 0.320 e. The molecule has 2 rings (SSSR count). The van der Waals surface area contributed by atoms with E-state index in [0.29, 0.717) is 6.04 Å². The molecule has 0 aliphatic carbocycles. The van der Waals surface area contributed by atoms with Gasteiger partial charge in [-0.1, -0.05) is 13.8 Å². The van der Waals surface area contributed by atoms with Gasteiger partial charge in [-0.05, 0) is 45.2 Å². The van der Waals surface area contributed by atoms with Crippen LogP contribution in [0.2, 0.25) is 0 Å². The third-order valence-corrected chi connectivity index (χ3v) is 4.67. The van der Waals surface area contributed by atoms with Gasteiger partial charge in [-0.15, -0.1) is 0 Å². The monoisotopic (exact) mass is 267 g/mol. The van der Waals surface area contributed by atoms with E-state index in [1.807, 2.05) is 0 Å². The Kier molecular flexibility index (Phi) is 5.08. The first-order valence-corrected chi connectivity index (χ1v) is 7.86. The Labute approximate surface area is 117 Å². The van der Waals surface area contributed by atoms with Crippen LogP contribution in [0, 0.1) is 5.92 Å². The van der Waals surface area contributed by atoms with Crippen molar-refractivity contribution in [3.05, 3.63) is 0 Å². The van der Waals surface area contributed by atoms with Crippen LogP contribution in [0.4, 0.5) is 4.79 Å². The predicted molar refractivity (Wildman–Crippen MR) is 78.3 cm³/mol. The summed E-state index contributed by atoms with van der Waals surface area (Å²) in [6, 6.07) is 0.674. The molecular formula is C15H29N3O. The average Bonchev–Trinajstić information content (AvgIpc) is 2.60. The van der Waals surface area contributed by atoms with Crippen molar-refractivity contribution >= 4 is 6.03 Å². The van der Waals surface area contributed by atoms with Gasteiger partial charge in [0.25, 0.3) is 0 Å². The number of amides is 2. The molecule has 2 aliphatic heterocycles. The number of hydrogen-bond acceptors (Lipinski definition) is 2. The smallest absolute Gasteiger partial charge is 0.320 e. The van der Waals surface area contributed by atoms with Crippen molar-refractivity contribution in [3.63, 3.8) is 0 Å². The summed E-state index contributed by atoms with van der Waals surface area (Å²) in [4.78, 5) is 19.3. The number of urea groups is 1. The zero-order valence-corrected chi connectivity index (χ0v) is 12.8. The Hall–Kier alpha value is -0.770. The number of piperidine rings is 1. The van der Waals surface area contributed by atoms with Crippen molar-refractivity contribution in [1.29, 1.82) is 0 Å². The van der Waals surface area contributed by atoms with Gasteiger partial charge in [-0.25, -0.2) is 4.79 Å². The molecule has 1 unspecified atom stereocenters. The Morgan fingerprint density at radius 2 is 1.84 bits per heavy atom. The highest BCUT2D eigenvalue weighted by molar-refractivity contribution is 5.75. The normalized spacial score (nSPS) is 27.4. The quantitative estimate of drug-likeness (QED) is 0.728. The SMILES string of the molecule is CCC1CN(C)CCCN1C(=O)N1CCC(C)CC1. The van der Waals surface area contributed by atoms with Gasteiger partial charge in [0, 0.05) is 32.2 Å². The fourth-order valence-corrected chi connectivity index (χ4v) is 3.23. The molecule has 2 saturated heterocycles. The third-order valence-electron chi connectivity index (χ3n) is 4.67. The van der Waals surface area contributed by atoms with E-state index in [9.17, 15) is 4.79 Å². The standard InChI is InChI=1S/C15H29N3O/c1-4-14-12-16(3)8-5-9-18(14)15(19)17-10-6-13(2)7-11-17/h13-14H,4-12H2,1-3H3. The van der Waals surface area contributed by atoms with Crippen LogP contribution in [0.15, 0.2) is 0 Å². The highest BCUT2D eigenvalue weighted by Crippen LogP contribution is 2.20. The van der Waals surface area contributed by atoms with Crippen molar-refractivity contribution in [2.45, 2.75) is 45.6 Å². The molecule has 2 aliphatic rings. The van der Waals surface area contributed by atoms with Crippen molar-refractivity contribution in [2.75, 3.05) is 39.8 Å². The number of hydrogen-bond donors (Lipinski definition) is 0. The van der Waals surface area contributed by atoms with Crippen molar-refractivity contribution in [3.8, 4) is 0 Å². The van der Waals surface area contributed by atoms with Crippen LogP contribution in [-0.4, -0.2) is 66.5 Å². The lowest BCUT2D eigenvalue weighted by molar-refractivity contribution is 0.116. The summed E-state index contributed by atoms with van der Waals surface area (Å²) in [6.45, 7) is 9.43. The molecule has 1 atom stereocenters. The molecule has 4 nitrogen and oxygen atoms in total. The maximum absolute atomic E-state index is 12.7. The molecule has 0 spiro atoms. The van der Waals surface area contributed by atoms with E-state index in [2.05, 4.69) is 35.6 Å². The van der Waals surface area contributed by atoms with E-state index in [0.717, 1.165) is 64.3 Å². The minimum absolute atomic E-state index is 0.286. The van der Waals surface area contributed by atoms with E-state index in [-0.39, 0.29) is 6.03 Å². The molecule has 0 saturated carbocycles. The molecule has 2 heterocycles. The third kappa shape index (κ3) is 3.62. The summed E-state index contributed by atoms with van der Waals surface area (Å²) < 4.78 is 0. The van der Waals surface area contributed by atoms with E-state index < -0.39 is 0 Å². The van der Waals surface area contributed by atoms with E-state index >= 15 is 0 Å². The highest BCUT2D eigenvalue weighted by atomic mass is 16.2. The van der Waals surface area contributed by atoms with Gasteiger partial charge in [-0.2, -0.15) is 0 Å². The summed E-state index contributed by atoms with van der Waals surface area (Å²) in [5.41, 5.74) is 0. The molecule has 4 heteroatoms. The first kappa shape index (κ1) is 14.6. The molecule has 2 fully saturated rings. The number of carbonyl (C=O) groups excluding carboxylic acids is 1. The molecule has 19 heavy (non-hydrogen) atoms. The fourth-order valence-electron chi connectivity index (χ4n) is 3.23. The number of carbonyl (C=O) groups is 1. The highest BCUT2D eigenvalue weighted by Gasteiger charge is 2.30. The van der Waals surface area contributed by atoms with Gasteiger partial charge in [0.2, 0.25) is 0 Å².